The van der Waals surface area contributed by atoms with Gasteiger partial charge in [0.1, 0.15) is 0 Å². The maximum atomic E-state index is 12.5. The van der Waals surface area contributed by atoms with Gasteiger partial charge in [-0.25, -0.2) is 0 Å². The Balaban J connectivity index is 1.58. The molecule has 2 amide bonds. The normalized spacial score (nSPS) is 15.3. The van der Waals surface area contributed by atoms with Crippen molar-refractivity contribution >= 4 is 23.2 Å². The van der Waals surface area contributed by atoms with Crippen LogP contribution in [0.4, 0.5) is 11.4 Å². The highest BCUT2D eigenvalue weighted by Crippen LogP contribution is 2.19. The van der Waals surface area contributed by atoms with Gasteiger partial charge in [0.2, 0.25) is 5.91 Å². The van der Waals surface area contributed by atoms with E-state index in [4.69, 9.17) is 0 Å². The number of nitrogens with one attached hydrogen (secondary N) is 2. The van der Waals surface area contributed by atoms with E-state index in [9.17, 15) is 9.59 Å². The number of nitrogens with zero attached hydrogens (tertiary/aromatic N) is 1. The van der Waals surface area contributed by atoms with Crippen LogP contribution in [0.1, 0.15) is 42.6 Å². The quantitative estimate of drug-likeness (QED) is 0.837. The average Bonchev–Trinajstić information content (AvgIpc) is 2.64. The number of amides is 2. The summed E-state index contributed by atoms with van der Waals surface area (Å²) >= 11 is 0. The van der Waals surface area contributed by atoms with Crippen LogP contribution in [0, 0.1) is 5.92 Å². The van der Waals surface area contributed by atoms with Crippen molar-refractivity contribution < 1.29 is 9.59 Å². The van der Waals surface area contributed by atoms with Crippen LogP contribution in [0.5, 0.6) is 0 Å². The Bertz CT molecular complexity index is 793. The van der Waals surface area contributed by atoms with Crippen molar-refractivity contribution in [3.63, 3.8) is 0 Å². The Morgan fingerprint density at radius 2 is 1.63 bits per heavy atom. The molecule has 1 saturated heterocycles. The predicted octanol–water partition coefficient (Wildman–Crippen LogP) is 4.13. The van der Waals surface area contributed by atoms with Gasteiger partial charge >= 0.3 is 0 Å². The summed E-state index contributed by atoms with van der Waals surface area (Å²) in [6.07, 6.45) is 2.52. The third-order valence-electron chi connectivity index (χ3n) is 4.94. The molecule has 0 saturated carbocycles. The predicted molar refractivity (Wildman–Crippen MR) is 109 cm³/mol. The highest BCUT2D eigenvalue weighted by atomic mass is 16.2. The number of piperidine rings is 1. The maximum Gasteiger partial charge on any atom is 0.255 e. The zero-order chi connectivity index (χ0) is 19.2. The number of hydrogen-bond donors (Lipinski definition) is 2. The van der Waals surface area contributed by atoms with Crippen LogP contribution in [0.25, 0.3) is 0 Å². The van der Waals surface area contributed by atoms with E-state index in [1.165, 1.54) is 25.3 Å². The second-order valence-corrected chi connectivity index (χ2v) is 7.37. The first-order valence-corrected chi connectivity index (χ1v) is 9.50. The molecule has 5 nitrogen and oxygen atoms in total. The molecular formula is C22H27N3O2. The smallest absolute Gasteiger partial charge is 0.255 e. The fourth-order valence-electron chi connectivity index (χ4n) is 3.32. The molecular weight excluding hydrogens is 338 g/mol. The molecule has 2 aromatic carbocycles. The van der Waals surface area contributed by atoms with Crippen LogP contribution in [0.15, 0.2) is 48.5 Å². The summed E-state index contributed by atoms with van der Waals surface area (Å²) in [4.78, 5) is 26.1. The molecule has 1 heterocycles. The van der Waals surface area contributed by atoms with Crippen molar-refractivity contribution in [2.75, 3.05) is 23.7 Å². The molecule has 0 aliphatic carbocycles. The van der Waals surface area contributed by atoms with Crippen LogP contribution in [-0.4, -0.2) is 29.8 Å². The van der Waals surface area contributed by atoms with Crippen molar-refractivity contribution in [1.29, 1.82) is 0 Å². The van der Waals surface area contributed by atoms with Gasteiger partial charge in [-0.15, -0.1) is 0 Å². The number of carbonyl (C=O) groups excluding carboxylic acids is 2. The lowest BCUT2D eigenvalue weighted by Crippen LogP contribution is -2.32. The van der Waals surface area contributed by atoms with E-state index in [1.54, 1.807) is 24.3 Å². The molecule has 1 fully saturated rings. The van der Waals surface area contributed by atoms with Gasteiger partial charge in [-0.3, -0.25) is 14.5 Å². The Morgan fingerprint density at radius 1 is 1.00 bits per heavy atom. The fourth-order valence-corrected chi connectivity index (χ4v) is 3.32. The molecule has 0 bridgehead atoms. The number of anilines is 2. The Labute approximate surface area is 160 Å². The lowest BCUT2D eigenvalue weighted by atomic mass is 9.99. The molecule has 0 radical (unpaired) electrons. The van der Waals surface area contributed by atoms with E-state index in [0.29, 0.717) is 16.9 Å². The zero-order valence-electron chi connectivity index (χ0n) is 16.0. The molecule has 1 aliphatic heterocycles. The molecule has 142 valence electrons. The van der Waals surface area contributed by atoms with Gasteiger partial charge in [0.25, 0.3) is 5.91 Å². The van der Waals surface area contributed by atoms with Crippen LogP contribution >= 0.6 is 0 Å². The Morgan fingerprint density at radius 3 is 2.26 bits per heavy atom. The van der Waals surface area contributed by atoms with Crippen molar-refractivity contribution in [3.8, 4) is 0 Å². The molecule has 2 aromatic rings. The second kappa shape index (κ2) is 8.82. The first-order chi connectivity index (χ1) is 13.0. The van der Waals surface area contributed by atoms with E-state index in [-0.39, 0.29) is 11.8 Å². The van der Waals surface area contributed by atoms with Crippen LogP contribution in [0.3, 0.4) is 0 Å². The summed E-state index contributed by atoms with van der Waals surface area (Å²) in [5, 5.41) is 5.59. The number of hydrogen-bond acceptors (Lipinski definition) is 3. The van der Waals surface area contributed by atoms with E-state index in [0.717, 1.165) is 25.6 Å². The summed E-state index contributed by atoms with van der Waals surface area (Å²) in [5.74, 6) is 0.530. The van der Waals surface area contributed by atoms with E-state index in [2.05, 4.69) is 22.5 Å². The largest absolute Gasteiger partial charge is 0.326 e. The SMILES string of the molecule is CC(=O)Nc1cccc(NC(=O)c2ccc(CN3CCC(C)CC3)cc2)c1. The van der Waals surface area contributed by atoms with Gasteiger partial charge in [0.15, 0.2) is 0 Å². The molecule has 0 spiro atoms. The number of benzene rings is 2. The van der Waals surface area contributed by atoms with Crippen molar-refractivity contribution in [3.05, 3.63) is 59.7 Å². The number of likely N-dealkylation sites (tertiary alicyclic amines) is 1. The first kappa shape index (κ1) is 19.1. The zero-order valence-corrected chi connectivity index (χ0v) is 16.0. The molecule has 27 heavy (non-hydrogen) atoms. The molecule has 5 heteroatoms. The topological polar surface area (TPSA) is 61.4 Å². The number of carbonyl (C=O) groups is 2. The molecule has 0 unspecified atom stereocenters. The van der Waals surface area contributed by atoms with Gasteiger partial charge < -0.3 is 10.6 Å². The molecule has 0 aromatic heterocycles. The van der Waals surface area contributed by atoms with Crippen LogP contribution in [-0.2, 0) is 11.3 Å². The minimum Gasteiger partial charge on any atom is -0.326 e. The summed E-state index contributed by atoms with van der Waals surface area (Å²) < 4.78 is 0. The lowest BCUT2D eigenvalue weighted by Gasteiger charge is -2.30. The van der Waals surface area contributed by atoms with Gasteiger partial charge in [-0.2, -0.15) is 0 Å². The minimum absolute atomic E-state index is 0.141. The van der Waals surface area contributed by atoms with Crippen molar-refractivity contribution in [2.45, 2.75) is 33.2 Å². The molecule has 1 aliphatic rings. The lowest BCUT2D eigenvalue weighted by molar-refractivity contribution is -0.114. The summed E-state index contributed by atoms with van der Waals surface area (Å²) in [7, 11) is 0. The van der Waals surface area contributed by atoms with Gasteiger partial charge in [-0.1, -0.05) is 25.1 Å². The maximum absolute atomic E-state index is 12.5. The van der Waals surface area contributed by atoms with E-state index in [1.807, 2.05) is 24.3 Å². The number of rotatable bonds is 5. The van der Waals surface area contributed by atoms with E-state index >= 15 is 0 Å². The van der Waals surface area contributed by atoms with E-state index < -0.39 is 0 Å². The second-order valence-electron chi connectivity index (χ2n) is 7.37. The van der Waals surface area contributed by atoms with Gasteiger partial charge in [-0.05, 0) is 67.7 Å². The molecule has 2 N–H and O–H groups in total. The van der Waals surface area contributed by atoms with Crippen LogP contribution in [0.2, 0.25) is 0 Å². The average molecular weight is 365 g/mol. The van der Waals surface area contributed by atoms with Gasteiger partial charge in [0, 0.05) is 30.4 Å². The first-order valence-electron chi connectivity index (χ1n) is 9.50. The monoisotopic (exact) mass is 365 g/mol. The fraction of sp³-hybridized carbons (Fsp3) is 0.364. The molecule has 0 atom stereocenters. The minimum atomic E-state index is -0.159. The molecule has 3 rings (SSSR count). The van der Waals surface area contributed by atoms with Gasteiger partial charge in [0.05, 0.1) is 0 Å². The third kappa shape index (κ3) is 5.66. The van der Waals surface area contributed by atoms with Crippen molar-refractivity contribution in [2.24, 2.45) is 5.92 Å². The summed E-state index contributed by atoms with van der Waals surface area (Å²) in [5.41, 5.74) is 3.16. The summed E-state index contributed by atoms with van der Waals surface area (Å²) in [6, 6.07) is 14.9. The van der Waals surface area contributed by atoms with Crippen molar-refractivity contribution in [1.82, 2.24) is 4.90 Å². The summed E-state index contributed by atoms with van der Waals surface area (Å²) in [6.45, 7) is 7.00. The third-order valence-corrected chi connectivity index (χ3v) is 4.94. The highest BCUT2D eigenvalue weighted by Gasteiger charge is 2.15. The highest BCUT2D eigenvalue weighted by molar-refractivity contribution is 6.04. The standard InChI is InChI=1S/C22H27N3O2/c1-16-10-12-25(13-11-16)15-18-6-8-19(9-7-18)22(27)24-21-5-3-4-20(14-21)23-17(2)26/h3-9,14,16H,10-13,15H2,1-2H3,(H,23,26)(H,24,27). The Hall–Kier alpha value is -2.66. The van der Waals surface area contributed by atoms with Crippen LogP contribution < -0.4 is 10.6 Å². The Kier molecular flexibility index (Phi) is 6.24.